The summed E-state index contributed by atoms with van der Waals surface area (Å²) in [7, 11) is 0. The molecule has 2 aliphatic carbocycles. The van der Waals surface area contributed by atoms with Crippen molar-refractivity contribution in [1.82, 2.24) is 0 Å². The van der Waals surface area contributed by atoms with Gasteiger partial charge in [0.25, 0.3) is 0 Å². The molecule has 3 heteroatoms. The van der Waals surface area contributed by atoms with Gasteiger partial charge < -0.3 is 10.2 Å². The summed E-state index contributed by atoms with van der Waals surface area (Å²) in [6.45, 7) is 22.3. The first-order valence-electron chi connectivity index (χ1n) is 11.3. The summed E-state index contributed by atoms with van der Waals surface area (Å²) in [5.74, 6) is 1.93. The Morgan fingerprint density at radius 3 is 1.19 bits per heavy atom. The fourth-order valence-electron chi connectivity index (χ4n) is 5.14. The van der Waals surface area contributed by atoms with Crippen molar-refractivity contribution in [3.63, 3.8) is 0 Å². The lowest BCUT2D eigenvalue weighted by atomic mass is 9.68. The smallest absolute Gasteiger partial charge is 0.0576 e. The number of thioether (sulfide) groups is 1. The zero-order chi connectivity index (χ0) is 21.2. The fraction of sp³-hybridized carbons (Fsp3) is 1.00. The molecule has 2 rings (SSSR count). The minimum absolute atomic E-state index is 0.153. The van der Waals surface area contributed by atoms with E-state index in [-0.39, 0.29) is 23.0 Å². The lowest BCUT2D eigenvalue weighted by Crippen LogP contribution is -2.45. The van der Waals surface area contributed by atoms with Gasteiger partial charge in [-0.25, -0.2) is 0 Å². The number of rotatable bonds is 2. The SMILES string of the molecule is CC.CC1CC(O)C(C(C)(C)C)CC1SC1CC(C(C)(C)C)C(O)CC1C. The molecule has 2 nitrogen and oxygen atoms in total. The Kier molecular flexibility index (Phi) is 9.23. The van der Waals surface area contributed by atoms with Crippen LogP contribution in [0.2, 0.25) is 0 Å². The van der Waals surface area contributed by atoms with E-state index in [2.05, 4.69) is 67.2 Å². The lowest BCUT2D eigenvalue weighted by Gasteiger charge is -2.48. The molecule has 2 saturated carbocycles. The van der Waals surface area contributed by atoms with Gasteiger partial charge in [-0.05, 0) is 60.2 Å². The monoisotopic (exact) mass is 400 g/mol. The standard InChI is InChI=1S/C22H42O2S.C2H6/c1-13-9-17(23)15(21(3,4)5)11-19(13)25-20-12-16(22(6,7)8)18(24)10-14(20)2;1-2/h13-20,23-24H,9-12H2,1-8H3;1-2H3. The first kappa shape index (κ1) is 25.3. The van der Waals surface area contributed by atoms with E-state index < -0.39 is 0 Å². The Morgan fingerprint density at radius 2 is 0.926 bits per heavy atom. The molecule has 0 aromatic heterocycles. The molecule has 0 bridgehead atoms. The van der Waals surface area contributed by atoms with Crippen molar-refractivity contribution < 1.29 is 10.2 Å². The molecule has 0 aliphatic heterocycles. The summed E-state index contributed by atoms with van der Waals surface area (Å²) in [5.41, 5.74) is 0.335. The molecular weight excluding hydrogens is 352 g/mol. The molecule has 2 aliphatic rings. The van der Waals surface area contributed by atoms with Crippen LogP contribution in [-0.4, -0.2) is 32.9 Å². The quantitative estimate of drug-likeness (QED) is 0.564. The first-order valence-corrected chi connectivity index (χ1v) is 12.3. The van der Waals surface area contributed by atoms with Crippen LogP contribution >= 0.6 is 11.8 Å². The van der Waals surface area contributed by atoms with Gasteiger partial charge in [-0.2, -0.15) is 11.8 Å². The van der Waals surface area contributed by atoms with Crippen LogP contribution in [0.15, 0.2) is 0 Å². The summed E-state index contributed by atoms with van der Waals surface area (Å²) in [6, 6.07) is 0. The van der Waals surface area contributed by atoms with Crippen LogP contribution in [0, 0.1) is 34.5 Å². The van der Waals surface area contributed by atoms with Crippen LogP contribution in [0.3, 0.4) is 0 Å². The van der Waals surface area contributed by atoms with Gasteiger partial charge in [0, 0.05) is 10.5 Å². The summed E-state index contributed by atoms with van der Waals surface area (Å²) < 4.78 is 0. The third-order valence-corrected chi connectivity index (χ3v) is 8.98. The van der Waals surface area contributed by atoms with Crippen LogP contribution in [0.5, 0.6) is 0 Å². The van der Waals surface area contributed by atoms with Crippen molar-refractivity contribution in [1.29, 1.82) is 0 Å². The molecule has 2 N–H and O–H groups in total. The first-order chi connectivity index (χ1) is 12.3. The van der Waals surface area contributed by atoms with Gasteiger partial charge in [0.05, 0.1) is 12.2 Å². The highest BCUT2D eigenvalue weighted by Crippen LogP contribution is 2.50. The molecule has 0 spiro atoms. The largest absolute Gasteiger partial charge is 0.393 e. The Labute approximate surface area is 174 Å². The van der Waals surface area contributed by atoms with E-state index in [9.17, 15) is 10.2 Å². The number of aliphatic hydroxyl groups is 2. The average molecular weight is 401 g/mol. The van der Waals surface area contributed by atoms with Crippen LogP contribution < -0.4 is 0 Å². The summed E-state index contributed by atoms with van der Waals surface area (Å²) >= 11 is 2.18. The van der Waals surface area contributed by atoms with Crippen molar-refractivity contribution >= 4 is 11.8 Å². The topological polar surface area (TPSA) is 40.5 Å². The third kappa shape index (κ3) is 6.64. The maximum atomic E-state index is 10.6. The fourth-order valence-corrected chi connectivity index (χ4v) is 6.98. The Balaban J connectivity index is 0.00000176. The van der Waals surface area contributed by atoms with Crippen LogP contribution in [0.25, 0.3) is 0 Å². The van der Waals surface area contributed by atoms with Crippen LogP contribution in [0.1, 0.15) is 94.9 Å². The normalized spacial score (nSPS) is 40.9. The van der Waals surface area contributed by atoms with Crippen LogP contribution in [-0.2, 0) is 0 Å². The third-order valence-electron chi connectivity index (χ3n) is 6.97. The predicted molar refractivity (Wildman–Crippen MR) is 121 cm³/mol. The van der Waals surface area contributed by atoms with E-state index in [1.807, 2.05) is 13.8 Å². The van der Waals surface area contributed by atoms with Crippen molar-refractivity contribution in [3.8, 4) is 0 Å². The lowest BCUT2D eigenvalue weighted by molar-refractivity contribution is -0.00628. The second-order valence-corrected chi connectivity index (χ2v) is 12.7. The van der Waals surface area contributed by atoms with Gasteiger partial charge in [-0.3, -0.25) is 0 Å². The van der Waals surface area contributed by atoms with E-state index in [4.69, 9.17) is 0 Å². The van der Waals surface area contributed by atoms with Gasteiger partial charge in [0.15, 0.2) is 0 Å². The molecule has 0 amide bonds. The van der Waals surface area contributed by atoms with Gasteiger partial charge in [0.2, 0.25) is 0 Å². The minimum atomic E-state index is -0.153. The molecule has 27 heavy (non-hydrogen) atoms. The highest BCUT2D eigenvalue weighted by molar-refractivity contribution is 8.00. The molecule has 162 valence electrons. The average Bonchev–Trinajstić information content (AvgIpc) is 2.51. The zero-order valence-corrected chi connectivity index (χ0v) is 20.6. The Hall–Kier alpha value is 0.270. The molecule has 0 saturated heterocycles. The molecule has 8 unspecified atom stereocenters. The van der Waals surface area contributed by atoms with Crippen molar-refractivity contribution in [3.05, 3.63) is 0 Å². The van der Waals surface area contributed by atoms with Gasteiger partial charge in [-0.1, -0.05) is 69.2 Å². The second kappa shape index (κ2) is 9.85. The van der Waals surface area contributed by atoms with E-state index >= 15 is 0 Å². The van der Waals surface area contributed by atoms with Gasteiger partial charge >= 0.3 is 0 Å². The zero-order valence-electron chi connectivity index (χ0n) is 19.7. The van der Waals surface area contributed by atoms with E-state index in [1.165, 1.54) is 0 Å². The molecular formula is C24H48O2S. The molecule has 2 fully saturated rings. The predicted octanol–water partition coefficient (Wildman–Crippen LogP) is 6.39. The van der Waals surface area contributed by atoms with Gasteiger partial charge in [0.1, 0.15) is 0 Å². The molecule has 0 heterocycles. The minimum Gasteiger partial charge on any atom is -0.393 e. The van der Waals surface area contributed by atoms with Crippen molar-refractivity contribution in [2.45, 2.75) is 118 Å². The van der Waals surface area contributed by atoms with E-state index in [1.54, 1.807) is 0 Å². The molecule has 0 radical (unpaired) electrons. The summed E-state index contributed by atoms with van der Waals surface area (Å²) in [5, 5.41) is 22.5. The van der Waals surface area contributed by atoms with E-state index in [0.29, 0.717) is 34.2 Å². The summed E-state index contributed by atoms with van der Waals surface area (Å²) in [4.78, 5) is 0. The summed E-state index contributed by atoms with van der Waals surface area (Å²) in [6.07, 6.45) is 3.82. The highest BCUT2D eigenvalue weighted by atomic mass is 32.2. The van der Waals surface area contributed by atoms with E-state index in [0.717, 1.165) is 25.7 Å². The molecule has 0 aromatic rings. The van der Waals surface area contributed by atoms with Crippen LogP contribution in [0.4, 0.5) is 0 Å². The maximum absolute atomic E-state index is 10.6. The molecule has 8 atom stereocenters. The van der Waals surface area contributed by atoms with Crippen molar-refractivity contribution in [2.75, 3.05) is 0 Å². The number of aliphatic hydroxyl groups excluding tert-OH is 2. The second-order valence-electron chi connectivity index (χ2n) is 11.2. The Morgan fingerprint density at radius 1 is 0.630 bits per heavy atom. The Bertz CT molecular complexity index is 397. The highest BCUT2D eigenvalue weighted by Gasteiger charge is 2.44. The molecule has 0 aromatic carbocycles. The maximum Gasteiger partial charge on any atom is 0.0576 e. The number of hydrogen-bond donors (Lipinski definition) is 2. The number of hydrogen-bond acceptors (Lipinski definition) is 3. The van der Waals surface area contributed by atoms with Gasteiger partial charge in [-0.15, -0.1) is 0 Å². The van der Waals surface area contributed by atoms with Crippen molar-refractivity contribution in [2.24, 2.45) is 34.5 Å².